The Bertz CT molecular complexity index is 594. The van der Waals surface area contributed by atoms with Crippen LogP contribution in [0.3, 0.4) is 0 Å². The third-order valence-electron chi connectivity index (χ3n) is 3.44. The van der Waals surface area contributed by atoms with Crippen molar-refractivity contribution in [3.05, 3.63) is 63.6 Å². The highest BCUT2D eigenvalue weighted by molar-refractivity contribution is 6.42. The molecule has 0 aliphatic rings. The zero-order valence-electron chi connectivity index (χ0n) is 12.5. The van der Waals surface area contributed by atoms with Crippen LogP contribution in [0.25, 0.3) is 0 Å². The van der Waals surface area contributed by atoms with Crippen LogP contribution >= 0.6 is 23.2 Å². The smallest absolute Gasteiger partial charge is 0.0643 e. The molecule has 0 saturated carbocycles. The van der Waals surface area contributed by atoms with Gasteiger partial charge >= 0.3 is 0 Å². The van der Waals surface area contributed by atoms with Crippen LogP contribution in [0.15, 0.2) is 42.5 Å². The van der Waals surface area contributed by atoms with Crippen LogP contribution in [0.1, 0.15) is 24.1 Å². The van der Waals surface area contributed by atoms with E-state index in [-0.39, 0.29) is 6.04 Å². The number of hydrogen-bond donors (Lipinski definition) is 1. The molecule has 2 aromatic carbocycles. The first-order valence-corrected chi connectivity index (χ1v) is 7.74. The molecule has 0 heterocycles. The lowest BCUT2D eigenvalue weighted by Gasteiger charge is -2.22. The fourth-order valence-corrected chi connectivity index (χ4v) is 2.74. The van der Waals surface area contributed by atoms with Gasteiger partial charge in [-0.25, -0.2) is 0 Å². The zero-order chi connectivity index (χ0) is 15.4. The van der Waals surface area contributed by atoms with E-state index in [1.54, 1.807) is 0 Å². The van der Waals surface area contributed by atoms with Crippen LogP contribution in [-0.4, -0.2) is 20.6 Å². The number of hydrogen-bond acceptors (Lipinski definition) is 2. The molecule has 2 aromatic rings. The fourth-order valence-electron chi connectivity index (χ4n) is 2.32. The maximum Gasteiger partial charge on any atom is 0.0643 e. The molecule has 0 aliphatic heterocycles. The highest BCUT2D eigenvalue weighted by Crippen LogP contribution is 2.33. The molecule has 1 N–H and O–H groups in total. The van der Waals surface area contributed by atoms with Gasteiger partial charge in [-0.05, 0) is 35.9 Å². The van der Waals surface area contributed by atoms with Crippen LogP contribution in [-0.2, 0) is 0 Å². The second-order valence-corrected chi connectivity index (χ2v) is 5.90. The summed E-state index contributed by atoms with van der Waals surface area (Å²) in [6, 6.07) is 14.3. The summed E-state index contributed by atoms with van der Waals surface area (Å²) in [6.45, 7) is 2.93. The Kier molecular flexibility index (Phi) is 5.51. The average molecular weight is 323 g/mol. The van der Waals surface area contributed by atoms with Gasteiger partial charge in [0.25, 0.3) is 0 Å². The molecule has 0 saturated heterocycles. The number of nitrogens with zero attached hydrogens (tertiary/aromatic N) is 1. The molecule has 1 atom stereocenters. The van der Waals surface area contributed by atoms with E-state index in [9.17, 15) is 0 Å². The van der Waals surface area contributed by atoms with Crippen molar-refractivity contribution < 1.29 is 0 Å². The third-order valence-corrected chi connectivity index (χ3v) is 4.28. The van der Waals surface area contributed by atoms with E-state index in [0.29, 0.717) is 10.0 Å². The van der Waals surface area contributed by atoms with E-state index in [2.05, 4.69) is 41.4 Å². The summed E-state index contributed by atoms with van der Waals surface area (Å²) in [7, 11) is 4.06. The van der Waals surface area contributed by atoms with Crippen LogP contribution in [0.2, 0.25) is 10.0 Å². The molecule has 21 heavy (non-hydrogen) atoms. The molecular formula is C17H20Cl2N2. The van der Waals surface area contributed by atoms with Gasteiger partial charge in [0.2, 0.25) is 0 Å². The second-order valence-electron chi connectivity index (χ2n) is 5.12. The molecule has 0 aromatic heterocycles. The van der Waals surface area contributed by atoms with Gasteiger partial charge in [0.15, 0.2) is 0 Å². The SMILES string of the molecule is CCNC(c1ccc(N(C)C)cc1)c1cccc(Cl)c1Cl. The largest absolute Gasteiger partial charge is 0.378 e. The Morgan fingerprint density at radius 2 is 1.71 bits per heavy atom. The zero-order valence-corrected chi connectivity index (χ0v) is 14.0. The van der Waals surface area contributed by atoms with E-state index in [0.717, 1.165) is 12.1 Å². The van der Waals surface area contributed by atoms with Crippen molar-refractivity contribution in [2.24, 2.45) is 0 Å². The lowest BCUT2D eigenvalue weighted by molar-refractivity contribution is 0.631. The summed E-state index contributed by atoms with van der Waals surface area (Å²) in [5, 5.41) is 4.67. The highest BCUT2D eigenvalue weighted by atomic mass is 35.5. The minimum atomic E-state index is 0.0393. The molecule has 112 valence electrons. The summed E-state index contributed by atoms with van der Waals surface area (Å²) < 4.78 is 0. The quantitative estimate of drug-likeness (QED) is 0.853. The summed E-state index contributed by atoms with van der Waals surface area (Å²) >= 11 is 12.5. The van der Waals surface area contributed by atoms with Crippen LogP contribution in [0.4, 0.5) is 5.69 Å². The highest BCUT2D eigenvalue weighted by Gasteiger charge is 2.17. The van der Waals surface area contributed by atoms with Crippen LogP contribution < -0.4 is 10.2 Å². The first-order chi connectivity index (χ1) is 10.0. The van der Waals surface area contributed by atoms with E-state index in [4.69, 9.17) is 23.2 Å². The van der Waals surface area contributed by atoms with Crippen molar-refractivity contribution in [1.29, 1.82) is 0 Å². The molecule has 4 heteroatoms. The standard InChI is InChI=1S/C17H20Cl2N2/c1-4-20-17(14-6-5-7-15(18)16(14)19)12-8-10-13(11-9-12)21(2)3/h5-11,17,20H,4H2,1-3H3. The number of nitrogens with one attached hydrogen (secondary N) is 1. The Morgan fingerprint density at radius 3 is 2.29 bits per heavy atom. The number of benzene rings is 2. The fraction of sp³-hybridized carbons (Fsp3) is 0.294. The minimum Gasteiger partial charge on any atom is -0.378 e. The Hall–Kier alpha value is -1.22. The molecular weight excluding hydrogens is 303 g/mol. The van der Waals surface area contributed by atoms with Crippen molar-refractivity contribution in [1.82, 2.24) is 5.32 Å². The van der Waals surface area contributed by atoms with E-state index in [1.165, 1.54) is 11.3 Å². The summed E-state index contributed by atoms with van der Waals surface area (Å²) in [4.78, 5) is 2.08. The molecule has 2 rings (SSSR count). The maximum atomic E-state index is 6.38. The molecule has 1 unspecified atom stereocenters. The normalized spacial score (nSPS) is 12.2. The van der Waals surface area contributed by atoms with Gasteiger partial charge in [0.1, 0.15) is 0 Å². The number of anilines is 1. The molecule has 0 radical (unpaired) electrons. The second kappa shape index (κ2) is 7.17. The van der Waals surface area contributed by atoms with Crippen molar-refractivity contribution in [2.45, 2.75) is 13.0 Å². The lowest BCUT2D eigenvalue weighted by atomic mass is 9.98. The van der Waals surface area contributed by atoms with E-state index < -0.39 is 0 Å². The molecule has 0 bridgehead atoms. The van der Waals surface area contributed by atoms with Crippen LogP contribution in [0, 0.1) is 0 Å². The van der Waals surface area contributed by atoms with E-state index >= 15 is 0 Å². The monoisotopic (exact) mass is 322 g/mol. The first kappa shape index (κ1) is 16.2. The van der Waals surface area contributed by atoms with Crippen molar-refractivity contribution in [3.63, 3.8) is 0 Å². The Morgan fingerprint density at radius 1 is 1.05 bits per heavy atom. The number of halogens is 2. The third kappa shape index (κ3) is 3.70. The van der Waals surface area contributed by atoms with Gasteiger partial charge in [0, 0.05) is 19.8 Å². The first-order valence-electron chi connectivity index (χ1n) is 6.99. The lowest BCUT2D eigenvalue weighted by Crippen LogP contribution is -2.22. The topological polar surface area (TPSA) is 15.3 Å². The summed E-state index contributed by atoms with van der Waals surface area (Å²) in [6.07, 6.45) is 0. The Labute approximate surface area is 136 Å². The van der Waals surface area contributed by atoms with Crippen molar-refractivity contribution in [2.75, 3.05) is 25.5 Å². The van der Waals surface area contributed by atoms with Gasteiger partial charge in [-0.15, -0.1) is 0 Å². The van der Waals surface area contributed by atoms with Gasteiger partial charge in [-0.1, -0.05) is 54.4 Å². The average Bonchev–Trinajstić information content (AvgIpc) is 2.48. The van der Waals surface area contributed by atoms with Gasteiger partial charge in [0.05, 0.1) is 16.1 Å². The minimum absolute atomic E-state index is 0.0393. The Balaban J connectivity index is 2.41. The van der Waals surface area contributed by atoms with Gasteiger partial charge in [-0.2, -0.15) is 0 Å². The molecule has 0 spiro atoms. The van der Waals surface area contributed by atoms with E-state index in [1.807, 2.05) is 32.3 Å². The van der Waals surface area contributed by atoms with Gasteiger partial charge < -0.3 is 10.2 Å². The predicted molar refractivity (Wildman–Crippen MR) is 92.8 cm³/mol. The predicted octanol–water partition coefficient (Wildman–Crippen LogP) is 4.76. The molecule has 2 nitrogen and oxygen atoms in total. The molecule has 0 fully saturated rings. The molecule has 0 aliphatic carbocycles. The van der Waals surface area contributed by atoms with Crippen LogP contribution in [0.5, 0.6) is 0 Å². The van der Waals surface area contributed by atoms with Crippen molar-refractivity contribution in [3.8, 4) is 0 Å². The maximum absolute atomic E-state index is 6.38. The van der Waals surface area contributed by atoms with Crippen molar-refractivity contribution >= 4 is 28.9 Å². The van der Waals surface area contributed by atoms with Gasteiger partial charge in [-0.3, -0.25) is 0 Å². The summed E-state index contributed by atoms with van der Waals surface area (Å²) in [5.41, 5.74) is 3.35. The number of rotatable bonds is 5. The molecule has 0 amide bonds. The summed E-state index contributed by atoms with van der Waals surface area (Å²) in [5.74, 6) is 0.